The zero-order valence-corrected chi connectivity index (χ0v) is 11.1. The molecule has 0 fully saturated rings. The highest BCUT2D eigenvalue weighted by molar-refractivity contribution is 6.17. The molecule has 0 amide bonds. The average molecular weight is 274 g/mol. The first kappa shape index (κ1) is 12.7. The lowest BCUT2D eigenvalue weighted by Gasteiger charge is -2.05. The van der Waals surface area contributed by atoms with E-state index in [1.807, 2.05) is 0 Å². The third kappa shape index (κ3) is 2.05. The van der Waals surface area contributed by atoms with Crippen molar-refractivity contribution in [2.75, 3.05) is 13.2 Å². The van der Waals surface area contributed by atoms with E-state index in [4.69, 9.17) is 4.74 Å². The van der Waals surface area contributed by atoms with Gasteiger partial charge in [0.05, 0.1) is 17.9 Å². The van der Waals surface area contributed by atoms with Gasteiger partial charge in [-0.3, -0.25) is 0 Å². The quantitative estimate of drug-likeness (QED) is 0.827. The first-order valence-corrected chi connectivity index (χ1v) is 6.62. The lowest BCUT2D eigenvalue weighted by Crippen LogP contribution is -2.11. The average Bonchev–Trinajstić information content (AvgIpc) is 2.63. The van der Waals surface area contributed by atoms with Crippen LogP contribution >= 0.6 is 0 Å². The molecule has 0 bridgehead atoms. The highest BCUT2D eigenvalue weighted by Gasteiger charge is 2.22. The fourth-order valence-electron chi connectivity index (χ4n) is 2.53. The summed E-state index contributed by atoms with van der Waals surface area (Å²) in [5.74, 6) is -0.677. The number of benzene rings is 1. The van der Waals surface area contributed by atoms with Gasteiger partial charge in [0.15, 0.2) is 0 Å². The molecule has 2 aromatic rings. The first-order chi connectivity index (χ1) is 9.70. The molecule has 2 N–H and O–H groups in total. The molecule has 0 saturated heterocycles. The molecule has 0 radical (unpaired) electrons. The number of esters is 1. The summed E-state index contributed by atoms with van der Waals surface area (Å²) in [6.45, 7) is 2.81. The first-order valence-electron chi connectivity index (χ1n) is 6.62. The Hall–Kier alpha value is -2.30. The summed E-state index contributed by atoms with van der Waals surface area (Å²) >= 11 is 0. The number of nitrogens with one attached hydrogen (secondary N) is 2. The Balaban J connectivity index is 2.16. The van der Waals surface area contributed by atoms with Gasteiger partial charge in [0.1, 0.15) is 5.82 Å². The number of hydrogen-bond donors (Lipinski definition) is 2. The maximum absolute atomic E-state index is 13.3. The van der Waals surface area contributed by atoms with Crippen LogP contribution in [0.1, 0.15) is 18.2 Å². The van der Waals surface area contributed by atoms with Crippen molar-refractivity contribution >= 4 is 22.4 Å². The summed E-state index contributed by atoms with van der Waals surface area (Å²) in [6, 6.07) is 4.62. The Kier molecular flexibility index (Phi) is 3.18. The maximum atomic E-state index is 13.3. The molecule has 0 aliphatic carbocycles. The smallest absolute Gasteiger partial charge is 0.341 e. The van der Waals surface area contributed by atoms with Crippen molar-refractivity contribution in [2.24, 2.45) is 0 Å². The fraction of sp³-hybridized carbons (Fsp3) is 0.267. The van der Waals surface area contributed by atoms with Gasteiger partial charge >= 0.3 is 5.97 Å². The largest absolute Gasteiger partial charge is 0.462 e. The monoisotopic (exact) mass is 274 g/mol. The fourth-order valence-corrected chi connectivity index (χ4v) is 2.53. The van der Waals surface area contributed by atoms with E-state index in [1.54, 1.807) is 19.2 Å². The van der Waals surface area contributed by atoms with Crippen LogP contribution in [-0.4, -0.2) is 24.1 Å². The number of aromatic nitrogens is 1. The van der Waals surface area contributed by atoms with Gasteiger partial charge in [-0.2, -0.15) is 0 Å². The molecular formula is C15H15FN2O2. The lowest BCUT2D eigenvalue weighted by molar-refractivity contribution is -0.136. The highest BCUT2D eigenvalue weighted by atomic mass is 19.1. The van der Waals surface area contributed by atoms with Gasteiger partial charge in [0, 0.05) is 23.6 Å². The molecule has 2 heterocycles. The van der Waals surface area contributed by atoms with E-state index < -0.39 is 0 Å². The van der Waals surface area contributed by atoms with Crippen LogP contribution in [0.4, 0.5) is 4.39 Å². The predicted octanol–water partition coefficient (Wildman–Crippen LogP) is 2.36. The van der Waals surface area contributed by atoms with E-state index in [9.17, 15) is 9.18 Å². The zero-order valence-electron chi connectivity index (χ0n) is 11.1. The molecule has 4 nitrogen and oxygen atoms in total. The van der Waals surface area contributed by atoms with Crippen molar-refractivity contribution in [1.82, 2.24) is 10.3 Å². The van der Waals surface area contributed by atoms with Crippen LogP contribution < -0.4 is 5.32 Å². The number of carbonyl (C=O) groups excluding carboxylic acids is 1. The summed E-state index contributed by atoms with van der Waals surface area (Å²) in [5, 5.41) is 4.03. The molecule has 1 aromatic heterocycles. The minimum atomic E-state index is -0.379. The minimum absolute atomic E-state index is 0.298. The SMILES string of the molecule is CCOC(=O)C1=CNCCc2c1[nH]c1cc(F)ccc21. The van der Waals surface area contributed by atoms with Crippen LogP contribution in [0.5, 0.6) is 0 Å². The third-order valence-electron chi connectivity index (χ3n) is 3.40. The van der Waals surface area contributed by atoms with Crippen LogP contribution in [-0.2, 0) is 16.0 Å². The number of ether oxygens (including phenoxy) is 1. The topological polar surface area (TPSA) is 54.1 Å². The Labute approximate surface area is 115 Å². The predicted molar refractivity (Wildman–Crippen MR) is 74.6 cm³/mol. The third-order valence-corrected chi connectivity index (χ3v) is 3.40. The second-order valence-electron chi connectivity index (χ2n) is 4.65. The summed E-state index contributed by atoms with van der Waals surface area (Å²) in [4.78, 5) is 15.2. The number of rotatable bonds is 2. The summed E-state index contributed by atoms with van der Waals surface area (Å²) in [6.07, 6.45) is 2.43. The molecular weight excluding hydrogens is 259 g/mol. The van der Waals surface area contributed by atoms with E-state index in [0.29, 0.717) is 23.4 Å². The molecule has 20 heavy (non-hydrogen) atoms. The molecule has 104 valence electrons. The van der Waals surface area contributed by atoms with Crippen LogP contribution in [0, 0.1) is 5.82 Å². The number of aromatic amines is 1. The van der Waals surface area contributed by atoms with Crippen LogP contribution in [0.3, 0.4) is 0 Å². The van der Waals surface area contributed by atoms with Crippen molar-refractivity contribution in [3.8, 4) is 0 Å². The maximum Gasteiger partial charge on any atom is 0.341 e. The van der Waals surface area contributed by atoms with Gasteiger partial charge in [-0.25, -0.2) is 9.18 Å². The molecule has 1 aliphatic rings. The minimum Gasteiger partial charge on any atom is -0.462 e. The summed E-state index contributed by atoms with van der Waals surface area (Å²) < 4.78 is 18.4. The van der Waals surface area contributed by atoms with E-state index in [1.165, 1.54) is 12.1 Å². The summed E-state index contributed by atoms with van der Waals surface area (Å²) in [7, 11) is 0. The van der Waals surface area contributed by atoms with Crippen LogP contribution in [0.2, 0.25) is 0 Å². The Morgan fingerprint density at radius 3 is 3.10 bits per heavy atom. The number of hydrogen-bond acceptors (Lipinski definition) is 3. The number of halogens is 1. The van der Waals surface area contributed by atoms with E-state index in [-0.39, 0.29) is 11.8 Å². The lowest BCUT2D eigenvalue weighted by atomic mass is 10.0. The molecule has 1 aromatic carbocycles. The Morgan fingerprint density at radius 1 is 1.45 bits per heavy atom. The van der Waals surface area contributed by atoms with E-state index >= 15 is 0 Å². The Bertz CT molecular complexity index is 703. The van der Waals surface area contributed by atoms with Gasteiger partial charge in [0.25, 0.3) is 0 Å². The second-order valence-corrected chi connectivity index (χ2v) is 4.65. The van der Waals surface area contributed by atoms with Gasteiger partial charge < -0.3 is 15.0 Å². The standard InChI is InChI=1S/C15H15FN2O2/c1-2-20-15(19)12-8-17-6-5-11-10-4-3-9(16)7-13(10)18-14(11)12/h3-4,7-8,17-18H,2,5-6H2,1H3. The number of carbonyl (C=O) groups is 1. The van der Waals surface area contributed by atoms with Gasteiger partial charge in [-0.15, -0.1) is 0 Å². The van der Waals surface area contributed by atoms with Crippen molar-refractivity contribution in [2.45, 2.75) is 13.3 Å². The van der Waals surface area contributed by atoms with Gasteiger partial charge in [-0.05, 0) is 37.1 Å². The van der Waals surface area contributed by atoms with Gasteiger partial charge in [-0.1, -0.05) is 0 Å². The van der Waals surface area contributed by atoms with Crippen molar-refractivity contribution < 1.29 is 13.9 Å². The van der Waals surface area contributed by atoms with Crippen LogP contribution in [0.25, 0.3) is 16.5 Å². The molecule has 0 saturated carbocycles. The molecule has 0 atom stereocenters. The number of fused-ring (bicyclic) bond motifs is 3. The number of H-pyrrole nitrogens is 1. The molecule has 3 rings (SSSR count). The van der Waals surface area contributed by atoms with E-state index in [2.05, 4.69) is 10.3 Å². The summed E-state index contributed by atoms with van der Waals surface area (Å²) in [5.41, 5.74) is 2.89. The normalized spacial score (nSPS) is 14.2. The van der Waals surface area contributed by atoms with E-state index in [0.717, 1.165) is 23.9 Å². The highest BCUT2D eigenvalue weighted by Crippen LogP contribution is 2.30. The van der Waals surface area contributed by atoms with Gasteiger partial charge in [0.2, 0.25) is 0 Å². The zero-order chi connectivity index (χ0) is 14.1. The molecule has 0 spiro atoms. The molecule has 1 aliphatic heterocycles. The van der Waals surface area contributed by atoms with Crippen molar-refractivity contribution in [3.63, 3.8) is 0 Å². The molecule has 0 unspecified atom stereocenters. The van der Waals surface area contributed by atoms with Crippen LogP contribution in [0.15, 0.2) is 24.4 Å². The Morgan fingerprint density at radius 2 is 2.30 bits per heavy atom. The van der Waals surface area contributed by atoms with Crippen molar-refractivity contribution in [1.29, 1.82) is 0 Å². The second kappa shape index (κ2) is 5.00. The molecule has 5 heteroatoms. The van der Waals surface area contributed by atoms with Crippen molar-refractivity contribution in [3.05, 3.63) is 41.5 Å².